The number of carbonyl (C=O) groups is 1. The van der Waals surface area contributed by atoms with Gasteiger partial charge in [-0.15, -0.1) is 0 Å². The number of ether oxygens (including phenoxy) is 1. The number of methoxy groups -OCH3 is 1. The summed E-state index contributed by atoms with van der Waals surface area (Å²) in [7, 11) is -2.40. The quantitative estimate of drug-likeness (QED) is 0.563. The predicted octanol–water partition coefficient (Wildman–Crippen LogP) is 2.36. The maximum absolute atomic E-state index is 14.2. The standard InChI is InChI=1S/C20H21FN4O5S/c1-13(25(31(3,27)28)17-10-5-4-9-16(17)21)20(26)22-12-18-23-19(24-30-18)14-7-6-8-15(11-14)29-2/h4-11,13H,12H2,1-3H3,(H,22,26)/t13-/m0/s1. The Balaban J connectivity index is 1.72. The zero-order valence-electron chi connectivity index (χ0n) is 17.1. The van der Waals surface area contributed by atoms with Gasteiger partial charge in [-0.05, 0) is 31.2 Å². The van der Waals surface area contributed by atoms with E-state index in [1.165, 1.54) is 25.1 Å². The van der Waals surface area contributed by atoms with Crippen molar-refractivity contribution in [2.24, 2.45) is 0 Å². The Bertz CT molecular complexity index is 1180. The molecule has 0 aliphatic heterocycles. The van der Waals surface area contributed by atoms with Gasteiger partial charge in [-0.3, -0.25) is 9.10 Å². The number of hydrogen-bond acceptors (Lipinski definition) is 7. The number of para-hydroxylation sites is 1. The minimum absolute atomic E-state index is 0.121. The molecule has 1 aromatic heterocycles. The number of rotatable bonds is 8. The van der Waals surface area contributed by atoms with Crippen LogP contribution in [-0.2, 0) is 21.4 Å². The van der Waals surface area contributed by atoms with Crippen molar-refractivity contribution in [2.75, 3.05) is 17.7 Å². The van der Waals surface area contributed by atoms with Crippen molar-refractivity contribution in [1.82, 2.24) is 15.5 Å². The van der Waals surface area contributed by atoms with Gasteiger partial charge < -0.3 is 14.6 Å². The zero-order chi connectivity index (χ0) is 22.6. The van der Waals surface area contributed by atoms with Gasteiger partial charge in [0.05, 0.1) is 25.6 Å². The van der Waals surface area contributed by atoms with Gasteiger partial charge in [-0.1, -0.05) is 29.4 Å². The molecule has 31 heavy (non-hydrogen) atoms. The molecular formula is C20H21FN4O5S. The highest BCUT2D eigenvalue weighted by atomic mass is 32.2. The highest BCUT2D eigenvalue weighted by Crippen LogP contribution is 2.24. The van der Waals surface area contributed by atoms with Crippen LogP contribution in [0.15, 0.2) is 53.1 Å². The predicted molar refractivity (Wildman–Crippen MR) is 111 cm³/mol. The largest absolute Gasteiger partial charge is 0.497 e. The summed E-state index contributed by atoms with van der Waals surface area (Å²) < 4.78 is 49.7. The van der Waals surface area contributed by atoms with Crippen molar-refractivity contribution in [3.63, 3.8) is 0 Å². The number of carbonyl (C=O) groups excluding carboxylic acids is 1. The zero-order valence-corrected chi connectivity index (χ0v) is 17.9. The third kappa shape index (κ3) is 5.18. The van der Waals surface area contributed by atoms with Crippen LogP contribution in [0.25, 0.3) is 11.4 Å². The Kier molecular flexibility index (Phi) is 6.54. The molecule has 0 radical (unpaired) electrons. The Labute approximate surface area is 178 Å². The number of anilines is 1. The van der Waals surface area contributed by atoms with E-state index in [1.807, 2.05) is 0 Å². The summed E-state index contributed by atoms with van der Waals surface area (Å²) in [5.74, 6) is -0.363. The van der Waals surface area contributed by atoms with Gasteiger partial charge in [0.1, 0.15) is 17.6 Å². The van der Waals surface area contributed by atoms with Gasteiger partial charge >= 0.3 is 0 Å². The number of nitrogens with one attached hydrogen (secondary N) is 1. The Morgan fingerprint density at radius 3 is 2.68 bits per heavy atom. The minimum Gasteiger partial charge on any atom is -0.497 e. The molecule has 0 spiro atoms. The molecule has 2 aromatic carbocycles. The number of amides is 1. The van der Waals surface area contributed by atoms with E-state index in [1.54, 1.807) is 31.4 Å². The summed E-state index contributed by atoms with van der Waals surface area (Å²) in [6, 6.07) is 11.2. The van der Waals surface area contributed by atoms with Crippen molar-refractivity contribution in [1.29, 1.82) is 0 Å². The van der Waals surface area contributed by atoms with Crippen LogP contribution in [0.3, 0.4) is 0 Å². The molecule has 0 fully saturated rings. The van der Waals surface area contributed by atoms with Crippen molar-refractivity contribution in [2.45, 2.75) is 19.5 Å². The van der Waals surface area contributed by atoms with E-state index in [-0.39, 0.29) is 18.1 Å². The lowest BCUT2D eigenvalue weighted by Crippen LogP contribution is -2.48. The molecule has 1 amide bonds. The lowest BCUT2D eigenvalue weighted by atomic mass is 10.2. The molecular weight excluding hydrogens is 427 g/mol. The van der Waals surface area contributed by atoms with Crippen LogP contribution >= 0.6 is 0 Å². The third-order valence-corrected chi connectivity index (χ3v) is 5.62. The van der Waals surface area contributed by atoms with Gasteiger partial charge in [0.2, 0.25) is 27.6 Å². The average Bonchev–Trinajstić information content (AvgIpc) is 3.21. The van der Waals surface area contributed by atoms with Gasteiger partial charge in [0.15, 0.2) is 0 Å². The molecule has 0 aliphatic carbocycles. The summed E-state index contributed by atoms with van der Waals surface area (Å²) in [4.78, 5) is 16.8. The van der Waals surface area contributed by atoms with E-state index in [9.17, 15) is 17.6 Å². The van der Waals surface area contributed by atoms with Crippen LogP contribution in [-0.4, -0.2) is 43.9 Å². The second-order valence-electron chi connectivity index (χ2n) is 6.65. The molecule has 3 aromatic rings. The molecule has 0 aliphatic rings. The van der Waals surface area contributed by atoms with E-state index in [0.29, 0.717) is 17.1 Å². The fraction of sp³-hybridized carbons (Fsp3) is 0.250. The maximum atomic E-state index is 14.2. The van der Waals surface area contributed by atoms with Gasteiger partial charge in [-0.2, -0.15) is 4.98 Å². The van der Waals surface area contributed by atoms with Gasteiger partial charge in [0.25, 0.3) is 0 Å². The second kappa shape index (κ2) is 9.13. The summed E-state index contributed by atoms with van der Waals surface area (Å²) >= 11 is 0. The first-order valence-corrected chi connectivity index (χ1v) is 11.0. The molecule has 1 N–H and O–H groups in total. The number of nitrogens with zero attached hydrogens (tertiary/aromatic N) is 3. The fourth-order valence-corrected chi connectivity index (χ4v) is 4.10. The highest BCUT2D eigenvalue weighted by Gasteiger charge is 2.31. The second-order valence-corrected chi connectivity index (χ2v) is 8.51. The summed E-state index contributed by atoms with van der Waals surface area (Å²) in [5.41, 5.74) is 0.447. The van der Waals surface area contributed by atoms with Crippen molar-refractivity contribution in [3.05, 3.63) is 60.2 Å². The van der Waals surface area contributed by atoms with E-state index >= 15 is 0 Å². The Morgan fingerprint density at radius 1 is 1.26 bits per heavy atom. The van der Waals surface area contributed by atoms with E-state index in [4.69, 9.17) is 9.26 Å². The molecule has 1 atom stereocenters. The summed E-state index contributed by atoms with van der Waals surface area (Å²) in [6.45, 7) is 1.23. The molecule has 0 saturated heterocycles. The highest BCUT2D eigenvalue weighted by molar-refractivity contribution is 7.92. The number of aromatic nitrogens is 2. The third-order valence-electron chi connectivity index (χ3n) is 4.39. The first-order chi connectivity index (χ1) is 14.7. The van der Waals surface area contributed by atoms with Crippen LogP contribution in [0.5, 0.6) is 5.75 Å². The lowest BCUT2D eigenvalue weighted by molar-refractivity contribution is -0.122. The van der Waals surface area contributed by atoms with E-state index in [0.717, 1.165) is 16.6 Å². The van der Waals surface area contributed by atoms with Crippen molar-refractivity contribution < 1.29 is 26.9 Å². The molecule has 0 bridgehead atoms. The monoisotopic (exact) mass is 448 g/mol. The van der Waals surface area contributed by atoms with Crippen molar-refractivity contribution in [3.8, 4) is 17.1 Å². The first kappa shape index (κ1) is 22.2. The maximum Gasteiger partial charge on any atom is 0.246 e. The van der Waals surface area contributed by atoms with Gasteiger partial charge in [-0.25, -0.2) is 12.8 Å². The molecule has 3 rings (SSSR count). The molecule has 9 nitrogen and oxygen atoms in total. The lowest BCUT2D eigenvalue weighted by Gasteiger charge is -2.28. The molecule has 0 saturated carbocycles. The fourth-order valence-electron chi connectivity index (χ4n) is 2.93. The van der Waals surface area contributed by atoms with Gasteiger partial charge in [0, 0.05) is 5.56 Å². The Hall–Kier alpha value is -3.47. The summed E-state index contributed by atoms with van der Waals surface area (Å²) in [5, 5.41) is 6.41. The Morgan fingerprint density at radius 2 is 2.00 bits per heavy atom. The van der Waals surface area contributed by atoms with Crippen LogP contribution in [0.1, 0.15) is 12.8 Å². The average molecular weight is 448 g/mol. The van der Waals surface area contributed by atoms with E-state index < -0.39 is 27.8 Å². The van der Waals surface area contributed by atoms with Crippen LogP contribution in [0.4, 0.5) is 10.1 Å². The normalized spacial score (nSPS) is 12.3. The van der Waals surface area contributed by atoms with Crippen LogP contribution in [0.2, 0.25) is 0 Å². The molecule has 164 valence electrons. The topological polar surface area (TPSA) is 115 Å². The SMILES string of the molecule is COc1cccc(-c2noc(CNC(=O)[C@H](C)N(c3ccccc3F)S(C)(=O)=O)n2)c1. The molecule has 0 unspecified atom stereocenters. The molecule has 11 heteroatoms. The smallest absolute Gasteiger partial charge is 0.246 e. The number of hydrogen-bond donors (Lipinski definition) is 1. The summed E-state index contributed by atoms with van der Waals surface area (Å²) in [6.07, 6.45) is 0.904. The van der Waals surface area contributed by atoms with Crippen LogP contribution < -0.4 is 14.4 Å². The molecule has 1 heterocycles. The number of sulfonamides is 1. The van der Waals surface area contributed by atoms with E-state index in [2.05, 4.69) is 15.5 Å². The minimum atomic E-state index is -3.94. The van der Waals surface area contributed by atoms with Crippen LogP contribution in [0, 0.1) is 5.82 Å². The number of halogens is 1. The first-order valence-electron chi connectivity index (χ1n) is 9.19. The number of benzene rings is 2. The van der Waals surface area contributed by atoms with Crippen molar-refractivity contribution >= 4 is 21.6 Å².